The Morgan fingerprint density at radius 3 is 2.88 bits per heavy atom. The first-order valence-corrected chi connectivity index (χ1v) is 5.81. The molecule has 1 saturated heterocycles. The number of nitrogens with zero attached hydrogens (tertiary/aromatic N) is 1. The van der Waals surface area contributed by atoms with Crippen LogP contribution >= 0.6 is 0 Å². The van der Waals surface area contributed by atoms with Crippen molar-refractivity contribution in [3.05, 3.63) is 29.3 Å². The summed E-state index contributed by atoms with van der Waals surface area (Å²) in [6.45, 7) is 5.25. The number of rotatable bonds is 3. The number of carbonyl (C=O) groups excluding carboxylic acids is 1. The molecule has 0 radical (unpaired) electrons. The number of hydrogen-bond donors (Lipinski definition) is 1. The highest BCUT2D eigenvalue weighted by Crippen LogP contribution is 2.27. The molecular formula is C13H18N2O2. The summed E-state index contributed by atoms with van der Waals surface area (Å²) in [6, 6.07) is 6.16. The van der Waals surface area contributed by atoms with E-state index in [9.17, 15) is 4.79 Å². The number of anilines is 1. The molecule has 92 valence electrons. The summed E-state index contributed by atoms with van der Waals surface area (Å²) in [6.07, 6.45) is -0.253. The normalized spacial score (nSPS) is 19.6. The molecule has 1 aromatic carbocycles. The Kier molecular flexibility index (Phi) is 3.33. The molecule has 1 aromatic rings. The van der Waals surface area contributed by atoms with Gasteiger partial charge in [-0.2, -0.15) is 0 Å². The number of cyclic esters (lactones) is 1. The van der Waals surface area contributed by atoms with E-state index in [2.05, 4.69) is 11.4 Å². The van der Waals surface area contributed by atoms with Crippen molar-refractivity contribution in [2.24, 2.45) is 0 Å². The zero-order chi connectivity index (χ0) is 12.4. The van der Waals surface area contributed by atoms with E-state index in [0.29, 0.717) is 6.61 Å². The zero-order valence-electron chi connectivity index (χ0n) is 10.5. The fourth-order valence-electron chi connectivity index (χ4n) is 2.22. The largest absolute Gasteiger partial charge is 0.447 e. The minimum Gasteiger partial charge on any atom is -0.447 e. The molecule has 0 bridgehead atoms. The smallest absolute Gasteiger partial charge is 0.414 e. The minimum absolute atomic E-state index is 0.0777. The van der Waals surface area contributed by atoms with Gasteiger partial charge in [0.25, 0.3) is 0 Å². The summed E-state index contributed by atoms with van der Waals surface area (Å²) < 4.78 is 5.12. The van der Waals surface area contributed by atoms with E-state index in [1.807, 2.05) is 33.0 Å². The fourth-order valence-corrected chi connectivity index (χ4v) is 2.22. The molecule has 0 spiro atoms. The molecule has 0 saturated carbocycles. The molecule has 1 atom stereocenters. The van der Waals surface area contributed by atoms with Crippen LogP contribution in [0.1, 0.15) is 11.1 Å². The van der Waals surface area contributed by atoms with E-state index < -0.39 is 0 Å². The summed E-state index contributed by atoms with van der Waals surface area (Å²) in [7, 11) is 1.88. The highest BCUT2D eigenvalue weighted by molar-refractivity contribution is 5.91. The van der Waals surface area contributed by atoms with E-state index in [0.717, 1.165) is 17.8 Å². The zero-order valence-corrected chi connectivity index (χ0v) is 10.5. The van der Waals surface area contributed by atoms with E-state index in [1.54, 1.807) is 4.90 Å². The molecule has 1 heterocycles. The topological polar surface area (TPSA) is 41.6 Å². The Bertz CT molecular complexity index is 431. The molecule has 1 fully saturated rings. The summed E-state index contributed by atoms with van der Waals surface area (Å²) >= 11 is 0. The maximum Gasteiger partial charge on any atom is 0.414 e. The number of hydrogen-bond acceptors (Lipinski definition) is 3. The third-order valence-electron chi connectivity index (χ3n) is 3.01. The van der Waals surface area contributed by atoms with Crippen LogP contribution in [-0.4, -0.2) is 32.3 Å². The number of benzene rings is 1. The van der Waals surface area contributed by atoms with Gasteiger partial charge in [-0.15, -0.1) is 0 Å². The molecule has 1 N–H and O–H groups in total. The predicted octanol–water partition coefficient (Wildman–Crippen LogP) is 1.85. The van der Waals surface area contributed by atoms with Gasteiger partial charge < -0.3 is 10.1 Å². The molecule has 4 heteroatoms. The summed E-state index contributed by atoms with van der Waals surface area (Å²) in [5, 5.41) is 3.09. The van der Waals surface area contributed by atoms with Crippen LogP contribution in [0.3, 0.4) is 0 Å². The van der Waals surface area contributed by atoms with Crippen LogP contribution in [0.5, 0.6) is 0 Å². The van der Waals surface area contributed by atoms with Crippen molar-refractivity contribution in [3.63, 3.8) is 0 Å². The van der Waals surface area contributed by atoms with Crippen molar-refractivity contribution in [1.29, 1.82) is 0 Å². The van der Waals surface area contributed by atoms with Gasteiger partial charge in [0.15, 0.2) is 0 Å². The van der Waals surface area contributed by atoms with Crippen molar-refractivity contribution in [2.75, 3.05) is 25.1 Å². The molecule has 2 rings (SSSR count). The van der Waals surface area contributed by atoms with Gasteiger partial charge in [0.1, 0.15) is 6.61 Å². The maximum atomic E-state index is 11.8. The highest BCUT2D eigenvalue weighted by Gasteiger charge is 2.34. The first kappa shape index (κ1) is 11.9. The lowest BCUT2D eigenvalue weighted by molar-refractivity contribution is 0.178. The van der Waals surface area contributed by atoms with Gasteiger partial charge in [-0.25, -0.2) is 4.79 Å². The SMILES string of the molecule is CNCC1COC(=O)N1c1ccc(C)cc1C. The Balaban J connectivity index is 2.32. The van der Waals surface area contributed by atoms with Crippen molar-refractivity contribution in [1.82, 2.24) is 5.32 Å². The van der Waals surface area contributed by atoms with Crippen molar-refractivity contribution >= 4 is 11.8 Å². The third-order valence-corrected chi connectivity index (χ3v) is 3.01. The predicted molar refractivity (Wildman–Crippen MR) is 67.5 cm³/mol. The summed E-state index contributed by atoms with van der Waals surface area (Å²) in [4.78, 5) is 13.5. The van der Waals surface area contributed by atoms with Gasteiger partial charge in [0, 0.05) is 6.54 Å². The van der Waals surface area contributed by atoms with Crippen LogP contribution in [0.4, 0.5) is 10.5 Å². The molecule has 1 aliphatic heterocycles. The Morgan fingerprint density at radius 1 is 1.47 bits per heavy atom. The first-order valence-electron chi connectivity index (χ1n) is 5.81. The Labute approximate surface area is 102 Å². The standard InChI is InChI=1S/C13H18N2O2/c1-9-4-5-12(10(2)6-9)15-11(7-14-3)8-17-13(15)16/h4-6,11,14H,7-8H2,1-3H3. The van der Waals surface area contributed by atoms with E-state index in [4.69, 9.17) is 4.74 Å². The number of amides is 1. The Hall–Kier alpha value is -1.55. The lowest BCUT2D eigenvalue weighted by Gasteiger charge is -2.23. The number of aryl methyl sites for hydroxylation is 2. The van der Waals surface area contributed by atoms with Gasteiger partial charge in [-0.1, -0.05) is 17.7 Å². The van der Waals surface area contributed by atoms with Crippen LogP contribution < -0.4 is 10.2 Å². The minimum atomic E-state index is -0.253. The van der Waals surface area contributed by atoms with Crippen LogP contribution in [0.25, 0.3) is 0 Å². The van der Waals surface area contributed by atoms with Crippen molar-refractivity contribution in [3.8, 4) is 0 Å². The monoisotopic (exact) mass is 234 g/mol. The lowest BCUT2D eigenvalue weighted by atomic mass is 10.1. The van der Waals surface area contributed by atoms with Gasteiger partial charge in [0.2, 0.25) is 0 Å². The fraction of sp³-hybridized carbons (Fsp3) is 0.462. The van der Waals surface area contributed by atoms with E-state index in [1.165, 1.54) is 5.56 Å². The molecular weight excluding hydrogens is 216 g/mol. The third kappa shape index (κ3) is 2.26. The molecule has 1 aliphatic rings. The van der Waals surface area contributed by atoms with Crippen LogP contribution in [0.15, 0.2) is 18.2 Å². The second kappa shape index (κ2) is 4.75. The Morgan fingerprint density at radius 2 is 2.24 bits per heavy atom. The van der Waals surface area contributed by atoms with Crippen molar-refractivity contribution in [2.45, 2.75) is 19.9 Å². The number of carbonyl (C=O) groups is 1. The van der Waals surface area contributed by atoms with Crippen LogP contribution in [0, 0.1) is 13.8 Å². The van der Waals surface area contributed by atoms with Gasteiger partial charge >= 0.3 is 6.09 Å². The number of likely N-dealkylation sites (N-methyl/N-ethyl adjacent to an activating group) is 1. The molecule has 0 aliphatic carbocycles. The number of ether oxygens (including phenoxy) is 1. The van der Waals surface area contributed by atoms with Crippen LogP contribution in [-0.2, 0) is 4.74 Å². The number of nitrogens with one attached hydrogen (secondary N) is 1. The second-order valence-corrected chi connectivity index (χ2v) is 4.45. The highest BCUT2D eigenvalue weighted by atomic mass is 16.6. The molecule has 1 unspecified atom stereocenters. The van der Waals surface area contributed by atoms with Crippen molar-refractivity contribution < 1.29 is 9.53 Å². The van der Waals surface area contributed by atoms with E-state index >= 15 is 0 Å². The summed E-state index contributed by atoms with van der Waals surface area (Å²) in [5.74, 6) is 0. The molecule has 17 heavy (non-hydrogen) atoms. The van der Waals surface area contributed by atoms with Crippen LogP contribution in [0.2, 0.25) is 0 Å². The van der Waals surface area contributed by atoms with E-state index in [-0.39, 0.29) is 12.1 Å². The molecule has 4 nitrogen and oxygen atoms in total. The average molecular weight is 234 g/mol. The second-order valence-electron chi connectivity index (χ2n) is 4.45. The average Bonchev–Trinajstić information content (AvgIpc) is 2.62. The first-order chi connectivity index (χ1) is 8.13. The van der Waals surface area contributed by atoms with Gasteiger partial charge in [-0.3, -0.25) is 4.90 Å². The quantitative estimate of drug-likeness (QED) is 0.867. The molecule has 1 amide bonds. The lowest BCUT2D eigenvalue weighted by Crippen LogP contribution is -2.40. The maximum absolute atomic E-state index is 11.8. The van der Waals surface area contributed by atoms with Gasteiger partial charge in [0.05, 0.1) is 11.7 Å². The molecule has 0 aromatic heterocycles. The van der Waals surface area contributed by atoms with Gasteiger partial charge in [-0.05, 0) is 32.5 Å². The summed E-state index contributed by atoms with van der Waals surface area (Å²) in [5.41, 5.74) is 3.24.